The van der Waals surface area contributed by atoms with Gasteiger partial charge in [-0.05, 0) is 30.3 Å². The maximum Gasteiger partial charge on any atom is 0.273 e. The van der Waals surface area contributed by atoms with E-state index in [2.05, 4.69) is 41.9 Å². The SMILES string of the molecule is CCC(C[Si](C)(COC)Oc1ccccc1)[Si](C)(C)Br. The van der Waals surface area contributed by atoms with E-state index in [4.69, 9.17) is 9.16 Å². The molecule has 0 saturated heterocycles. The van der Waals surface area contributed by atoms with Crippen LogP contribution in [0.4, 0.5) is 0 Å². The molecule has 0 saturated carbocycles. The van der Waals surface area contributed by atoms with Gasteiger partial charge in [-0.15, -0.1) is 15.3 Å². The molecule has 1 rings (SSSR count). The van der Waals surface area contributed by atoms with Crippen LogP contribution in [-0.2, 0) is 4.74 Å². The van der Waals surface area contributed by atoms with Gasteiger partial charge in [0.25, 0.3) is 8.32 Å². The summed E-state index contributed by atoms with van der Waals surface area (Å²) in [5, 5.41) is 0. The van der Waals surface area contributed by atoms with E-state index in [0.29, 0.717) is 0 Å². The van der Waals surface area contributed by atoms with E-state index in [0.717, 1.165) is 23.6 Å². The van der Waals surface area contributed by atoms with Crippen molar-refractivity contribution in [3.63, 3.8) is 0 Å². The van der Waals surface area contributed by atoms with E-state index in [1.54, 1.807) is 7.11 Å². The van der Waals surface area contributed by atoms with Gasteiger partial charge < -0.3 is 9.16 Å². The zero-order valence-electron chi connectivity index (χ0n) is 13.3. The summed E-state index contributed by atoms with van der Waals surface area (Å²) in [6.45, 7) is 8.00. The lowest BCUT2D eigenvalue weighted by Gasteiger charge is -2.35. The lowest BCUT2D eigenvalue weighted by Crippen LogP contribution is -2.46. The fraction of sp³-hybridized carbons (Fsp3) is 0.600. The van der Waals surface area contributed by atoms with Gasteiger partial charge in [-0.25, -0.2) is 0 Å². The third kappa shape index (κ3) is 5.71. The Bertz CT molecular complexity index is 395. The maximum atomic E-state index is 6.39. The predicted molar refractivity (Wildman–Crippen MR) is 95.8 cm³/mol. The second-order valence-electron chi connectivity index (χ2n) is 6.17. The Kier molecular flexibility index (Phi) is 6.98. The van der Waals surface area contributed by atoms with Crippen LogP contribution in [0.2, 0.25) is 31.2 Å². The number of benzene rings is 1. The molecule has 0 spiro atoms. The van der Waals surface area contributed by atoms with Gasteiger partial charge in [0.15, 0.2) is 0 Å². The summed E-state index contributed by atoms with van der Waals surface area (Å²) in [7, 11) is -0.127. The maximum absolute atomic E-state index is 6.39. The monoisotopic (exact) mass is 374 g/mol. The molecule has 2 unspecified atom stereocenters. The summed E-state index contributed by atoms with van der Waals surface area (Å²) < 4.78 is 11.9. The minimum absolute atomic E-state index is 0.720. The van der Waals surface area contributed by atoms with Gasteiger partial charge in [0.1, 0.15) is 12.4 Å². The Labute approximate surface area is 133 Å². The van der Waals surface area contributed by atoms with Crippen LogP contribution in [0.3, 0.4) is 0 Å². The molecule has 0 aliphatic rings. The van der Waals surface area contributed by atoms with E-state index in [1.165, 1.54) is 6.42 Å². The van der Waals surface area contributed by atoms with Crippen molar-refractivity contribution in [3.05, 3.63) is 30.3 Å². The Morgan fingerprint density at radius 2 is 1.75 bits per heavy atom. The van der Waals surface area contributed by atoms with Crippen LogP contribution < -0.4 is 4.43 Å². The minimum atomic E-state index is -1.90. The van der Waals surface area contributed by atoms with Crippen molar-refractivity contribution in [2.45, 2.75) is 44.6 Å². The minimum Gasteiger partial charge on any atom is -0.541 e. The number of methoxy groups -OCH3 is 1. The highest BCUT2D eigenvalue weighted by Gasteiger charge is 2.39. The summed E-state index contributed by atoms with van der Waals surface area (Å²) in [4.78, 5) is 0. The summed E-state index contributed by atoms with van der Waals surface area (Å²) in [6, 6.07) is 11.3. The Morgan fingerprint density at radius 1 is 1.15 bits per heavy atom. The van der Waals surface area contributed by atoms with Crippen molar-refractivity contribution >= 4 is 30.3 Å². The molecule has 0 N–H and O–H groups in total. The fourth-order valence-corrected chi connectivity index (χ4v) is 12.1. The van der Waals surface area contributed by atoms with Gasteiger partial charge in [0, 0.05) is 7.11 Å². The molecule has 5 heteroatoms. The average molecular weight is 375 g/mol. The van der Waals surface area contributed by atoms with Crippen LogP contribution in [0.1, 0.15) is 13.3 Å². The molecule has 0 amide bonds. The lowest BCUT2D eigenvalue weighted by molar-refractivity contribution is 0.232. The molecular formula is C15H27BrO2Si2. The number of hydrogen-bond donors (Lipinski definition) is 0. The van der Waals surface area contributed by atoms with E-state index in [-0.39, 0.29) is 0 Å². The highest BCUT2D eigenvalue weighted by molar-refractivity contribution is 9.26. The molecule has 0 heterocycles. The van der Waals surface area contributed by atoms with Crippen molar-refractivity contribution in [1.82, 2.24) is 0 Å². The van der Waals surface area contributed by atoms with Gasteiger partial charge in [-0.3, -0.25) is 0 Å². The zero-order valence-corrected chi connectivity index (χ0v) is 16.9. The van der Waals surface area contributed by atoms with Gasteiger partial charge in [-0.2, -0.15) is 0 Å². The highest BCUT2D eigenvalue weighted by Crippen LogP contribution is 2.38. The van der Waals surface area contributed by atoms with Crippen LogP contribution >= 0.6 is 15.3 Å². The second kappa shape index (κ2) is 7.78. The first-order valence-corrected chi connectivity index (χ1v) is 15.4. The van der Waals surface area contributed by atoms with Gasteiger partial charge in [-0.1, -0.05) is 44.6 Å². The first-order chi connectivity index (χ1) is 9.30. The van der Waals surface area contributed by atoms with Crippen LogP contribution in [0.5, 0.6) is 5.75 Å². The Balaban J connectivity index is 2.85. The van der Waals surface area contributed by atoms with Crippen LogP contribution in [0.25, 0.3) is 0 Å². The van der Waals surface area contributed by atoms with Crippen LogP contribution in [-0.4, -0.2) is 28.4 Å². The molecule has 0 aliphatic carbocycles. The van der Waals surface area contributed by atoms with Gasteiger partial charge in [0.05, 0.1) is 6.23 Å². The summed E-state index contributed by atoms with van der Waals surface area (Å²) in [5.74, 6) is 0.975. The first kappa shape index (κ1) is 17.9. The van der Waals surface area contributed by atoms with Crippen molar-refractivity contribution in [2.75, 3.05) is 13.3 Å². The number of ether oxygens (including phenoxy) is 1. The van der Waals surface area contributed by atoms with Crippen molar-refractivity contribution in [2.24, 2.45) is 0 Å². The molecule has 0 fully saturated rings. The second-order valence-corrected chi connectivity index (χ2v) is 20.0. The topological polar surface area (TPSA) is 18.5 Å². The van der Waals surface area contributed by atoms with Crippen LogP contribution in [0, 0.1) is 0 Å². The molecule has 1 aromatic rings. The summed E-state index contributed by atoms with van der Waals surface area (Å²) >= 11 is 3.96. The smallest absolute Gasteiger partial charge is 0.273 e. The number of para-hydroxylation sites is 1. The number of rotatable bonds is 8. The van der Waals surface area contributed by atoms with Crippen molar-refractivity contribution in [3.8, 4) is 5.75 Å². The molecule has 0 aromatic heterocycles. The van der Waals surface area contributed by atoms with E-state index >= 15 is 0 Å². The average Bonchev–Trinajstić information content (AvgIpc) is 2.36. The number of hydrogen-bond acceptors (Lipinski definition) is 2. The Hall–Kier alpha value is -0.106. The quantitative estimate of drug-likeness (QED) is 0.459. The van der Waals surface area contributed by atoms with Gasteiger partial charge >= 0.3 is 0 Å². The molecule has 114 valence electrons. The van der Waals surface area contributed by atoms with Crippen molar-refractivity contribution < 1.29 is 9.16 Å². The predicted octanol–water partition coefficient (Wildman–Crippen LogP) is 5.21. The first-order valence-electron chi connectivity index (χ1n) is 7.22. The van der Waals surface area contributed by atoms with E-state index in [1.807, 2.05) is 30.3 Å². The summed E-state index contributed by atoms with van der Waals surface area (Å²) in [5.41, 5.74) is 0.720. The molecule has 2 atom stereocenters. The molecule has 0 radical (unpaired) electrons. The Morgan fingerprint density at radius 3 is 2.20 bits per heavy atom. The highest BCUT2D eigenvalue weighted by atomic mass is 79.9. The van der Waals surface area contributed by atoms with E-state index < -0.39 is 15.0 Å². The van der Waals surface area contributed by atoms with Gasteiger partial charge in [0.2, 0.25) is 0 Å². The molecular weight excluding hydrogens is 348 g/mol. The fourth-order valence-electron chi connectivity index (χ4n) is 2.60. The van der Waals surface area contributed by atoms with Crippen molar-refractivity contribution in [1.29, 1.82) is 0 Å². The van der Waals surface area contributed by atoms with Crippen LogP contribution in [0.15, 0.2) is 30.3 Å². The largest absolute Gasteiger partial charge is 0.541 e. The number of halogens is 1. The third-order valence-electron chi connectivity index (χ3n) is 3.70. The van der Waals surface area contributed by atoms with E-state index in [9.17, 15) is 0 Å². The molecule has 2 nitrogen and oxygen atoms in total. The molecule has 1 aromatic carbocycles. The molecule has 20 heavy (non-hydrogen) atoms. The molecule has 0 bridgehead atoms. The molecule has 0 aliphatic heterocycles. The normalized spacial score (nSPS) is 16.5. The summed E-state index contributed by atoms with van der Waals surface area (Å²) in [6.07, 6.45) is 1.95. The third-order valence-corrected chi connectivity index (χ3v) is 11.6. The lowest BCUT2D eigenvalue weighted by atomic mass is 10.3. The standard InChI is InChI=1S/C15H27BrO2Si2/c1-6-15(19(3,4)16)12-20(5,13-17-2)18-14-10-8-7-9-11-14/h7-11,15H,6,12-13H2,1-5H3. The zero-order chi connectivity index (χ0) is 15.2.